The number of hydrogen-bond donors (Lipinski definition) is 3. The molecule has 4 N–H and O–H groups in total. The van der Waals surface area contributed by atoms with Crippen LogP contribution in [0, 0.1) is 11.8 Å². The zero-order valence-corrected chi connectivity index (χ0v) is 23.8. The normalized spacial score (nSPS) is 21.4. The Morgan fingerprint density at radius 3 is 2.52 bits per heavy atom. The Kier molecular flexibility index (Phi) is 8.41. The highest BCUT2D eigenvalue weighted by atomic mass is 32.2. The van der Waals surface area contributed by atoms with E-state index in [1.165, 1.54) is 23.3 Å². The van der Waals surface area contributed by atoms with E-state index in [0.29, 0.717) is 47.7 Å². The molecule has 40 heavy (non-hydrogen) atoms. The number of likely N-dealkylation sites (tertiary alicyclic amines) is 1. The molecule has 0 spiro atoms. The fourth-order valence-electron chi connectivity index (χ4n) is 5.19. The minimum absolute atomic E-state index is 0.0328. The summed E-state index contributed by atoms with van der Waals surface area (Å²) < 4.78 is 9.90. The highest BCUT2D eigenvalue weighted by molar-refractivity contribution is 7.97. The first kappa shape index (κ1) is 27.7. The number of nitrogens with one attached hydrogen (secondary N) is 2. The van der Waals surface area contributed by atoms with Crippen molar-refractivity contribution in [2.45, 2.75) is 32.0 Å². The van der Waals surface area contributed by atoms with Crippen molar-refractivity contribution in [3.63, 3.8) is 0 Å². The molecule has 3 aromatic rings. The lowest BCUT2D eigenvalue weighted by Gasteiger charge is -2.28. The maximum Gasteiger partial charge on any atom is 0.251 e. The molecule has 2 aromatic carbocycles. The summed E-state index contributed by atoms with van der Waals surface area (Å²) in [6, 6.07) is 17.5. The molecular formula is C29H31N5O4S2. The van der Waals surface area contributed by atoms with Gasteiger partial charge >= 0.3 is 0 Å². The molecule has 208 valence electrons. The fourth-order valence-corrected chi connectivity index (χ4v) is 6.31. The van der Waals surface area contributed by atoms with Gasteiger partial charge < -0.3 is 26.0 Å². The molecule has 0 bridgehead atoms. The third kappa shape index (κ3) is 6.15. The van der Waals surface area contributed by atoms with Crippen molar-refractivity contribution >= 4 is 46.8 Å². The summed E-state index contributed by atoms with van der Waals surface area (Å²) in [6.07, 6.45) is 2.47. The minimum atomic E-state index is -0.549. The van der Waals surface area contributed by atoms with Crippen molar-refractivity contribution in [3.8, 4) is 11.5 Å². The van der Waals surface area contributed by atoms with E-state index >= 15 is 0 Å². The Morgan fingerprint density at radius 2 is 1.80 bits per heavy atom. The molecular weight excluding hydrogens is 546 g/mol. The van der Waals surface area contributed by atoms with Gasteiger partial charge in [-0.2, -0.15) is 4.40 Å². The van der Waals surface area contributed by atoms with Crippen molar-refractivity contribution in [2.75, 3.05) is 12.8 Å². The number of carbonyl (C=O) groups excluding carboxylic acids is 3. The second-order valence-electron chi connectivity index (χ2n) is 9.87. The second-order valence-corrected chi connectivity index (χ2v) is 11.4. The molecule has 0 radical (unpaired) electrons. The van der Waals surface area contributed by atoms with E-state index in [1.807, 2.05) is 48.0 Å². The van der Waals surface area contributed by atoms with Gasteiger partial charge in [0.2, 0.25) is 11.8 Å². The number of fused-ring (bicyclic) bond motifs is 1. The van der Waals surface area contributed by atoms with Crippen LogP contribution in [0.2, 0.25) is 0 Å². The number of nitrogens with two attached hydrogens (primary N) is 1. The lowest BCUT2D eigenvalue weighted by molar-refractivity contribution is -0.139. The molecule has 4 unspecified atom stereocenters. The number of para-hydroxylation sites is 1. The largest absolute Gasteiger partial charge is 0.457 e. The van der Waals surface area contributed by atoms with E-state index in [9.17, 15) is 14.4 Å². The monoisotopic (exact) mass is 577 g/mol. The quantitative estimate of drug-likeness (QED) is 0.191. The summed E-state index contributed by atoms with van der Waals surface area (Å²) in [5.41, 5.74) is 7.19. The summed E-state index contributed by atoms with van der Waals surface area (Å²) in [5.74, 6) is 1.60. The van der Waals surface area contributed by atoms with Crippen LogP contribution in [0.5, 0.6) is 11.5 Å². The molecule has 2 fully saturated rings. The highest BCUT2D eigenvalue weighted by Gasteiger charge is 2.61. The number of carbonyl (C=O) groups is 3. The van der Waals surface area contributed by atoms with Gasteiger partial charge in [0.1, 0.15) is 23.4 Å². The van der Waals surface area contributed by atoms with Crippen molar-refractivity contribution in [3.05, 3.63) is 82.0 Å². The third-order valence-corrected chi connectivity index (χ3v) is 8.64. The number of amides is 3. The molecule has 1 aliphatic heterocycles. The molecule has 5 rings (SSSR count). The Morgan fingerprint density at radius 1 is 1.07 bits per heavy atom. The molecule has 1 aliphatic carbocycles. The molecule has 2 aliphatic rings. The van der Waals surface area contributed by atoms with Crippen LogP contribution in [-0.2, 0) is 16.1 Å². The van der Waals surface area contributed by atoms with E-state index in [0.717, 1.165) is 10.4 Å². The van der Waals surface area contributed by atoms with E-state index < -0.39 is 6.04 Å². The topological polar surface area (TPSA) is 126 Å². The number of amidine groups is 1. The summed E-state index contributed by atoms with van der Waals surface area (Å²) in [6.45, 7) is 2.26. The van der Waals surface area contributed by atoms with Crippen LogP contribution in [0.1, 0.15) is 34.1 Å². The van der Waals surface area contributed by atoms with Gasteiger partial charge in [-0.1, -0.05) is 25.1 Å². The van der Waals surface area contributed by atoms with E-state index in [-0.39, 0.29) is 30.3 Å². The molecule has 3 amide bonds. The number of rotatable bonds is 10. The van der Waals surface area contributed by atoms with Crippen LogP contribution in [0.3, 0.4) is 0 Å². The van der Waals surface area contributed by atoms with Crippen LogP contribution in [0.25, 0.3) is 0 Å². The van der Waals surface area contributed by atoms with Crippen molar-refractivity contribution in [2.24, 2.45) is 22.0 Å². The van der Waals surface area contributed by atoms with Gasteiger partial charge in [-0.25, -0.2) is 0 Å². The average molecular weight is 578 g/mol. The van der Waals surface area contributed by atoms with Gasteiger partial charge in [0.25, 0.3) is 5.91 Å². The smallest absolute Gasteiger partial charge is 0.251 e. The maximum absolute atomic E-state index is 13.2. The van der Waals surface area contributed by atoms with Gasteiger partial charge in [0, 0.05) is 33.7 Å². The Balaban J connectivity index is 1.15. The van der Waals surface area contributed by atoms with Crippen LogP contribution in [0.4, 0.5) is 0 Å². The highest BCUT2D eigenvalue weighted by Crippen LogP contribution is 2.53. The number of ether oxygens (including phenoxy) is 1. The summed E-state index contributed by atoms with van der Waals surface area (Å²) in [4.78, 5) is 41.7. The van der Waals surface area contributed by atoms with Gasteiger partial charge in [0.05, 0.1) is 13.1 Å². The molecule has 1 aromatic heterocycles. The molecule has 9 nitrogen and oxygen atoms in total. The molecule has 1 saturated heterocycles. The fraction of sp³-hybridized carbons (Fsp3) is 0.310. The zero-order chi connectivity index (χ0) is 28.2. The first-order valence-electron chi connectivity index (χ1n) is 13.0. The predicted molar refractivity (Wildman–Crippen MR) is 157 cm³/mol. The summed E-state index contributed by atoms with van der Waals surface area (Å²) in [5, 5.41) is 7.59. The van der Waals surface area contributed by atoms with Crippen molar-refractivity contribution in [1.82, 2.24) is 15.5 Å². The summed E-state index contributed by atoms with van der Waals surface area (Å²) in [7, 11) is 0. The average Bonchev–Trinajstić information content (AvgIpc) is 3.32. The number of thiophene rings is 1. The Bertz CT molecular complexity index is 1410. The molecule has 2 heterocycles. The van der Waals surface area contributed by atoms with Gasteiger partial charge in [-0.05, 0) is 72.7 Å². The van der Waals surface area contributed by atoms with E-state index in [2.05, 4.69) is 22.0 Å². The van der Waals surface area contributed by atoms with E-state index in [4.69, 9.17) is 10.5 Å². The first-order valence-corrected chi connectivity index (χ1v) is 15.1. The van der Waals surface area contributed by atoms with Crippen LogP contribution in [0.15, 0.2) is 70.4 Å². The first-order chi connectivity index (χ1) is 19.4. The minimum Gasteiger partial charge on any atom is -0.457 e. The third-order valence-electron chi connectivity index (χ3n) is 7.33. The van der Waals surface area contributed by atoms with Crippen LogP contribution < -0.4 is 21.1 Å². The van der Waals surface area contributed by atoms with Crippen LogP contribution in [-0.4, -0.2) is 53.3 Å². The molecule has 4 atom stereocenters. The Labute approximate surface area is 241 Å². The van der Waals surface area contributed by atoms with Crippen molar-refractivity contribution in [1.29, 1.82) is 0 Å². The zero-order valence-electron chi connectivity index (χ0n) is 22.2. The summed E-state index contributed by atoms with van der Waals surface area (Å²) >= 11 is 2.78. The second kappa shape index (κ2) is 12.1. The number of piperidine rings is 1. The van der Waals surface area contributed by atoms with Gasteiger partial charge in [-0.15, -0.1) is 11.3 Å². The van der Waals surface area contributed by atoms with Gasteiger partial charge in [0.15, 0.2) is 0 Å². The van der Waals surface area contributed by atoms with Crippen LogP contribution >= 0.6 is 23.3 Å². The van der Waals surface area contributed by atoms with Gasteiger partial charge in [-0.3, -0.25) is 14.4 Å². The predicted octanol–water partition coefficient (Wildman–Crippen LogP) is 3.81. The SMILES string of the molecule is CS/N=C(\N)c1csc(CNC(=O)C2CC3C(C)C3N2C(=O)CNC(=O)c2ccc(Oc3ccccc3)cc2)c1. The lowest BCUT2D eigenvalue weighted by atomic mass is 10.1. The number of benzene rings is 2. The standard InChI is InChI=1S/C29H31N5O4S2/c1-17-23-13-24(29(37)31-14-22-12-19(16-40-22)27(30)33-39-2)34(26(17)23)25(35)15-32-28(36)18-8-10-21(11-9-18)38-20-6-4-3-5-7-20/h3-12,16-17,23-24,26H,13-15H2,1-2H3,(H2,30,33)(H,31,37)(H,32,36). The molecule has 11 heteroatoms. The molecule has 1 saturated carbocycles. The van der Waals surface area contributed by atoms with E-state index in [1.54, 1.807) is 29.2 Å². The van der Waals surface area contributed by atoms with Crippen molar-refractivity contribution < 1.29 is 19.1 Å². The number of nitrogens with zero attached hydrogens (tertiary/aromatic N) is 2. The lowest BCUT2D eigenvalue weighted by Crippen LogP contribution is -2.51. The number of hydrogen-bond acceptors (Lipinski definition) is 7. The maximum atomic E-state index is 13.2. The Hall–Kier alpha value is -3.83.